The zero-order valence-electron chi connectivity index (χ0n) is 18.0. The molecule has 2 aliphatic heterocycles. The molecule has 8 nitrogen and oxygen atoms in total. The molecule has 2 heterocycles. The van der Waals surface area contributed by atoms with Crippen LogP contribution in [-0.4, -0.2) is 54.6 Å². The van der Waals surface area contributed by atoms with Crippen LogP contribution in [0.15, 0.2) is 54.6 Å². The Bertz CT molecular complexity index is 1060. The zero-order chi connectivity index (χ0) is 22.8. The van der Waals surface area contributed by atoms with E-state index in [9.17, 15) is 14.7 Å². The summed E-state index contributed by atoms with van der Waals surface area (Å²) in [5.74, 6) is 0.709. The molecule has 2 aromatic rings. The first-order valence-electron chi connectivity index (χ1n) is 11.1. The second-order valence-electron chi connectivity index (χ2n) is 8.49. The normalized spacial score (nSPS) is 23.2. The lowest BCUT2D eigenvalue weighted by atomic mass is 10.0. The van der Waals surface area contributed by atoms with Gasteiger partial charge in [-0.15, -0.1) is 0 Å². The number of ether oxygens (including phenoxy) is 3. The summed E-state index contributed by atoms with van der Waals surface area (Å²) >= 11 is 0. The monoisotopic (exact) mass is 450 g/mol. The Morgan fingerprint density at radius 1 is 0.970 bits per heavy atom. The molecule has 2 amide bonds. The topological polar surface area (TPSA) is 106 Å². The van der Waals surface area contributed by atoms with Crippen molar-refractivity contribution >= 4 is 11.8 Å². The number of nitrogens with one attached hydrogen (secondary N) is 2. The van der Waals surface area contributed by atoms with Crippen LogP contribution in [0.5, 0.6) is 11.5 Å². The number of fused-ring (bicyclic) bond motifs is 2. The maximum Gasteiger partial charge on any atom is 0.251 e. The van der Waals surface area contributed by atoms with E-state index in [0.717, 1.165) is 12.8 Å². The average molecular weight is 450 g/mol. The molecule has 1 aliphatic carbocycles. The van der Waals surface area contributed by atoms with Gasteiger partial charge in [-0.05, 0) is 42.2 Å². The molecule has 2 aromatic carbocycles. The Balaban J connectivity index is 1.15. The van der Waals surface area contributed by atoms with Gasteiger partial charge in [0, 0.05) is 11.6 Å². The molecule has 5 rings (SSSR count). The summed E-state index contributed by atoms with van der Waals surface area (Å²) in [5, 5.41) is 15.8. The molecular formula is C25H26N2O6. The molecule has 0 aromatic heterocycles. The van der Waals surface area contributed by atoms with E-state index in [-0.39, 0.29) is 37.7 Å². The van der Waals surface area contributed by atoms with Gasteiger partial charge in [-0.3, -0.25) is 9.59 Å². The van der Waals surface area contributed by atoms with Crippen LogP contribution in [0.3, 0.4) is 0 Å². The van der Waals surface area contributed by atoms with E-state index in [2.05, 4.69) is 22.8 Å². The molecule has 3 N–H and O–H groups in total. The van der Waals surface area contributed by atoms with E-state index in [1.54, 1.807) is 30.4 Å². The van der Waals surface area contributed by atoms with Crippen molar-refractivity contribution in [2.75, 3.05) is 13.4 Å². The summed E-state index contributed by atoms with van der Waals surface area (Å²) in [7, 11) is 0. The Labute approximate surface area is 191 Å². The molecule has 0 spiro atoms. The molecule has 3 aliphatic rings. The van der Waals surface area contributed by atoms with E-state index in [1.165, 1.54) is 11.1 Å². The van der Waals surface area contributed by atoms with Crippen LogP contribution < -0.4 is 20.1 Å². The van der Waals surface area contributed by atoms with Gasteiger partial charge < -0.3 is 30.0 Å². The zero-order valence-corrected chi connectivity index (χ0v) is 18.0. The van der Waals surface area contributed by atoms with Gasteiger partial charge >= 0.3 is 0 Å². The first-order chi connectivity index (χ1) is 16.1. The molecule has 172 valence electrons. The fourth-order valence-corrected chi connectivity index (χ4v) is 4.54. The highest BCUT2D eigenvalue weighted by Gasteiger charge is 2.30. The number of carbonyl (C=O) groups is 2. The van der Waals surface area contributed by atoms with Crippen LogP contribution in [0.25, 0.3) is 0 Å². The summed E-state index contributed by atoms with van der Waals surface area (Å²) in [6.07, 6.45) is 4.24. The van der Waals surface area contributed by atoms with Gasteiger partial charge in [0.05, 0.1) is 25.2 Å². The second-order valence-corrected chi connectivity index (χ2v) is 8.49. The Kier molecular flexibility index (Phi) is 6.02. The van der Waals surface area contributed by atoms with E-state index in [1.807, 2.05) is 12.1 Å². The largest absolute Gasteiger partial charge is 0.454 e. The molecule has 0 saturated heterocycles. The number of amides is 2. The standard InChI is InChI=1S/C25H26N2O6/c28-13-23-20(27-25(30)17-5-8-21-22(11-17)32-14-31-21)7-6-19(33-23)12-24(29)26-18-9-15-3-1-2-4-16(15)10-18/h1-8,11,18-20,23,28H,9-10,12-14H2,(H,26,29)(H,27,30)/t19-,20-,23-/m1/s1. The lowest BCUT2D eigenvalue weighted by molar-refractivity contribution is -0.126. The Morgan fingerprint density at radius 3 is 2.48 bits per heavy atom. The molecule has 0 unspecified atom stereocenters. The van der Waals surface area contributed by atoms with Crippen molar-refractivity contribution in [1.82, 2.24) is 10.6 Å². The Hall–Kier alpha value is -3.36. The van der Waals surface area contributed by atoms with Crippen molar-refractivity contribution in [2.45, 2.75) is 43.6 Å². The van der Waals surface area contributed by atoms with E-state index in [4.69, 9.17) is 14.2 Å². The molecule has 0 fully saturated rings. The van der Waals surface area contributed by atoms with Crippen LogP contribution in [0, 0.1) is 0 Å². The van der Waals surface area contributed by atoms with Gasteiger partial charge in [0.25, 0.3) is 5.91 Å². The fourth-order valence-electron chi connectivity index (χ4n) is 4.54. The molecule has 0 radical (unpaired) electrons. The predicted octanol–water partition coefficient (Wildman–Crippen LogP) is 1.50. The predicted molar refractivity (Wildman–Crippen MR) is 119 cm³/mol. The van der Waals surface area contributed by atoms with E-state index < -0.39 is 18.2 Å². The van der Waals surface area contributed by atoms with Crippen LogP contribution in [0.1, 0.15) is 27.9 Å². The number of hydrogen-bond donors (Lipinski definition) is 3. The van der Waals surface area contributed by atoms with Crippen molar-refractivity contribution < 1.29 is 28.9 Å². The summed E-state index contributed by atoms with van der Waals surface area (Å²) in [5.41, 5.74) is 2.97. The molecule has 33 heavy (non-hydrogen) atoms. The molecular weight excluding hydrogens is 424 g/mol. The number of rotatable bonds is 6. The minimum atomic E-state index is -0.651. The van der Waals surface area contributed by atoms with Crippen molar-refractivity contribution in [3.8, 4) is 11.5 Å². The van der Waals surface area contributed by atoms with Crippen molar-refractivity contribution in [1.29, 1.82) is 0 Å². The summed E-state index contributed by atoms with van der Waals surface area (Å²) < 4.78 is 16.5. The summed E-state index contributed by atoms with van der Waals surface area (Å²) in [4.78, 5) is 25.2. The van der Waals surface area contributed by atoms with Crippen LogP contribution in [0.4, 0.5) is 0 Å². The number of aliphatic hydroxyl groups excluding tert-OH is 1. The highest BCUT2D eigenvalue weighted by atomic mass is 16.7. The highest BCUT2D eigenvalue weighted by molar-refractivity contribution is 5.95. The minimum Gasteiger partial charge on any atom is -0.454 e. The maximum atomic E-state index is 12.7. The van der Waals surface area contributed by atoms with Gasteiger partial charge in [-0.25, -0.2) is 0 Å². The number of benzene rings is 2. The summed E-state index contributed by atoms with van der Waals surface area (Å²) in [6, 6.07) is 12.7. The summed E-state index contributed by atoms with van der Waals surface area (Å²) in [6.45, 7) is -0.151. The van der Waals surface area contributed by atoms with Crippen LogP contribution in [-0.2, 0) is 22.4 Å². The third-order valence-corrected chi connectivity index (χ3v) is 6.20. The van der Waals surface area contributed by atoms with E-state index in [0.29, 0.717) is 17.1 Å². The van der Waals surface area contributed by atoms with Gasteiger partial charge in [-0.2, -0.15) is 0 Å². The molecule has 8 heteroatoms. The number of carbonyl (C=O) groups excluding carboxylic acids is 2. The maximum absolute atomic E-state index is 12.7. The van der Waals surface area contributed by atoms with Gasteiger partial charge in [-0.1, -0.05) is 36.4 Å². The van der Waals surface area contributed by atoms with Crippen LogP contribution >= 0.6 is 0 Å². The lowest BCUT2D eigenvalue weighted by Crippen LogP contribution is -2.49. The molecule has 3 atom stereocenters. The van der Waals surface area contributed by atoms with Crippen molar-refractivity contribution in [2.24, 2.45) is 0 Å². The van der Waals surface area contributed by atoms with Crippen molar-refractivity contribution in [3.05, 3.63) is 71.3 Å². The second kappa shape index (κ2) is 9.25. The van der Waals surface area contributed by atoms with Gasteiger partial charge in [0.15, 0.2) is 11.5 Å². The fraction of sp³-hybridized carbons (Fsp3) is 0.360. The smallest absolute Gasteiger partial charge is 0.251 e. The number of hydrogen-bond acceptors (Lipinski definition) is 6. The minimum absolute atomic E-state index is 0.0878. The van der Waals surface area contributed by atoms with Crippen molar-refractivity contribution in [3.63, 3.8) is 0 Å². The van der Waals surface area contributed by atoms with Crippen LogP contribution in [0.2, 0.25) is 0 Å². The first-order valence-corrected chi connectivity index (χ1v) is 11.1. The average Bonchev–Trinajstić information content (AvgIpc) is 3.45. The number of aliphatic hydroxyl groups is 1. The van der Waals surface area contributed by atoms with E-state index >= 15 is 0 Å². The Morgan fingerprint density at radius 2 is 1.73 bits per heavy atom. The lowest BCUT2D eigenvalue weighted by Gasteiger charge is -2.31. The van der Waals surface area contributed by atoms with Gasteiger partial charge in [0.1, 0.15) is 6.10 Å². The molecule has 0 saturated carbocycles. The SMILES string of the molecule is O=C(C[C@H]1C=C[C@@H](NC(=O)c2ccc3c(c2)OCO3)[C@@H](CO)O1)NC1Cc2ccccc2C1. The highest BCUT2D eigenvalue weighted by Crippen LogP contribution is 2.32. The third-order valence-electron chi connectivity index (χ3n) is 6.20. The third kappa shape index (κ3) is 4.72. The molecule has 0 bridgehead atoms. The first kappa shape index (κ1) is 21.5. The van der Waals surface area contributed by atoms with Gasteiger partial charge in [0.2, 0.25) is 12.7 Å². The quantitative estimate of drug-likeness (QED) is 0.576.